The number of halogens is 1. The van der Waals surface area contributed by atoms with E-state index in [1.807, 2.05) is 36.4 Å². The van der Waals surface area contributed by atoms with Gasteiger partial charge in [-0.15, -0.1) is 0 Å². The van der Waals surface area contributed by atoms with Gasteiger partial charge in [0, 0.05) is 24.2 Å². The van der Waals surface area contributed by atoms with E-state index in [-0.39, 0.29) is 24.2 Å². The second kappa shape index (κ2) is 10.9. The molecule has 0 spiro atoms. The number of urea groups is 1. The van der Waals surface area contributed by atoms with Crippen LogP contribution in [0.25, 0.3) is 10.9 Å². The molecule has 0 aliphatic carbocycles. The van der Waals surface area contributed by atoms with Crippen LogP contribution >= 0.6 is 0 Å². The van der Waals surface area contributed by atoms with Gasteiger partial charge in [-0.2, -0.15) is 0 Å². The van der Waals surface area contributed by atoms with E-state index in [2.05, 4.69) is 20.5 Å². The van der Waals surface area contributed by atoms with Gasteiger partial charge < -0.3 is 25.0 Å². The number of amides is 2. The summed E-state index contributed by atoms with van der Waals surface area (Å²) < 4.78 is 25.3. The number of hydrogen-bond donors (Lipinski definition) is 2. The lowest BCUT2D eigenvalue weighted by Crippen LogP contribution is -2.36. The fourth-order valence-electron chi connectivity index (χ4n) is 3.87. The maximum absolute atomic E-state index is 14.9. The maximum Gasteiger partial charge on any atom is 0.319 e. The van der Waals surface area contributed by atoms with Crippen molar-refractivity contribution >= 4 is 34.4 Å². The molecule has 34 heavy (non-hydrogen) atoms. The number of hydrogen-bond acceptors (Lipinski definition) is 6. The number of morpholine rings is 1. The van der Waals surface area contributed by atoms with Crippen LogP contribution in [0.1, 0.15) is 24.9 Å². The Labute approximate surface area is 197 Å². The topological polar surface area (TPSA) is 92.8 Å². The van der Waals surface area contributed by atoms with E-state index in [0.717, 1.165) is 5.56 Å². The van der Waals surface area contributed by atoms with Crippen molar-refractivity contribution in [2.24, 2.45) is 0 Å². The molecule has 1 aromatic heterocycles. The average Bonchev–Trinajstić information content (AvgIpc) is 2.85. The average molecular weight is 467 g/mol. The molecule has 1 fully saturated rings. The van der Waals surface area contributed by atoms with Gasteiger partial charge >= 0.3 is 12.0 Å². The highest BCUT2D eigenvalue weighted by molar-refractivity contribution is 5.93. The summed E-state index contributed by atoms with van der Waals surface area (Å²) in [5.41, 5.74) is 1.28. The minimum Gasteiger partial charge on any atom is -0.466 e. The molecule has 4 rings (SSSR count). The lowest BCUT2D eigenvalue weighted by molar-refractivity contribution is -0.143. The number of esters is 1. The van der Waals surface area contributed by atoms with Crippen molar-refractivity contribution in [3.8, 4) is 0 Å². The number of pyridine rings is 1. The van der Waals surface area contributed by atoms with Crippen LogP contribution in [0, 0.1) is 5.82 Å². The number of carbonyl (C=O) groups excluding carboxylic acids is 2. The maximum atomic E-state index is 14.9. The van der Waals surface area contributed by atoms with Crippen LogP contribution < -0.4 is 15.5 Å². The van der Waals surface area contributed by atoms with E-state index in [4.69, 9.17) is 9.47 Å². The second-order valence-electron chi connectivity index (χ2n) is 7.87. The smallest absolute Gasteiger partial charge is 0.319 e. The first-order valence-corrected chi connectivity index (χ1v) is 11.2. The van der Waals surface area contributed by atoms with Gasteiger partial charge in [0.2, 0.25) is 0 Å². The van der Waals surface area contributed by atoms with Crippen molar-refractivity contribution in [3.63, 3.8) is 0 Å². The largest absolute Gasteiger partial charge is 0.466 e. The van der Waals surface area contributed by atoms with Crippen LogP contribution in [0.3, 0.4) is 0 Å². The number of ether oxygens (including phenoxy) is 2. The highest BCUT2D eigenvalue weighted by Crippen LogP contribution is 2.25. The first-order chi connectivity index (χ1) is 16.5. The molecule has 2 amide bonds. The van der Waals surface area contributed by atoms with Gasteiger partial charge in [-0.1, -0.05) is 30.3 Å². The normalized spacial score (nSPS) is 14.5. The fraction of sp³-hybridized carbons (Fsp3) is 0.320. The molecule has 8 nitrogen and oxygen atoms in total. The summed E-state index contributed by atoms with van der Waals surface area (Å²) in [4.78, 5) is 31.3. The molecule has 2 N–H and O–H groups in total. The van der Waals surface area contributed by atoms with Crippen molar-refractivity contribution < 1.29 is 23.5 Å². The van der Waals surface area contributed by atoms with Gasteiger partial charge in [-0.25, -0.2) is 14.2 Å². The first-order valence-electron chi connectivity index (χ1n) is 11.2. The summed E-state index contributed by atoms with van der Waals surface area (Å²) in [5.74, 6) is -0.262. The predicted octanol–water partition coefficient (Wildman–Crippen LogP) is 4.03. The Morgan fingerprint density at radius 1 is 1.15 bits per heavy atom. The Kier molecular flexibility index (Phi) is 7.54. The quantitative estimate of drug-likeness (QED) is 0.511. The number of carbonyl (C=O) groups is 2. The second-order valence-corrected chi connectivity index (χ2v) is 7.87. The number of nitrogens with zero attached hydrogens (tertiary/aromatic N) is 2. The van der Waals surface area contributed by atoms with Crippen LogP contribution in [0.15, 0.2) is 54.6 Å². The molecule has 0 radical (unpaired) electrons. The molecule has 3 aromatic rings. The van der Waals surface area contributed by atoms with Gasteiger partial charge in [0.05, 0.1) is 32.3 Å². The number of benzene rings is 2. The molecule has 2 aromatic carbocycles. The van der Waals surface area contributed by atoms with E-state index in [9.17, 15) is 14.0 Å². The molecular weight excluding hydrogens is 439 g/mol. The number of rotatable bonds is 7. The highest BCUT2D eigenvalue weighted by atomic mass is 19.1. The SMILES string of the molecule is CCOC(=O)C[C@@H](NC(=O)Nc1cc(F)c2nc(N3CCOCC3)ccc2c1)c1ccccc1. The summed E-state index contributed by atoms with van der Waals surface area (Å²) >= 11 is 0. The van der Waals surface area contributed by atoms with Crippen molar-refractivity contribution in [2.45, 2.75) is 19.4 Å². The fourth-order valence-corrected chi connectivity index (χ4v) is 3.87. The van der Waals surface area contributed by atoms with Gasteiger partial charge in [0.15, 0.2) is 5.82 Å². The summed E-state index contributed by atoms with van der Waals surface area (Å²) in [6.07, 6.45) is -0.0222. The molecule has 1 aliphatic heterocycles. The van der Waals surface area contributed by atoms with Gasteiger partial charge in [0.25, 0.3) is 0 Å². The molecule has 1 atom stereocenters. The van der Waals surface area contributed by atoms with Crippen molar-refractivity contribution in [1.82, 2.24) is 10.3 Å². The molecule has 0 bridgehead atoms. The van der Waals surface area contributed by atoms with Gasteiger partial charge in [0.1, 0.15) is 11.3 Å². The molecule has 9 heteroatoms. The lowest BCUT2D eigenvalue weighted by Gasteiger charge is -2.28. The Morgan fingerprint density at radius 3 is 2.65 bits per heavy atom. The molecule has 2 heterocycles. The van der Waals surface area contributed by atoms with E-state index in [1.54, 1.807) is 19.1 Å². The zero-order chi connectivity index (χ0) is 23.9. The van der Waals surface area contributed by atoms with E-state index < -0.39 is 23.9 Å². The monoisotopic (exact) mass is 466 g/mol. The molecule has 0 unspecified atom stereocenters. The molecular formula is C25H27FN4O4. The van der Waals surface area contributed by atoms with Crippen LogP contribution in [0.2, 0.25) is 0 Å². The summed E-state index contributed by atoms with van der Waals surface area (Å²) in [7, 11) is 0. The van der Waals surface area contributed by atoms with E-state index in [0.29, 0.717) is 37.5 Å². The van der Waals surface area contributed by atoms with Crippen LogP contribution in [0.5, 0.6) is 0 Å². The number of nitrogens with one attached hydrogen (secondary N) is 2. The zero-order valence-corrected chi connectivity index (χ0v) is 18.9. The minimum atomic E-state index is -0.594. The number of anilines is 2. The molecule has 178 valence electrons. The third-order valence-electron chi connectivity index (χ3n) is 5.51. The van der Waals surface area contributed by atoms with Crippen LogP contribution in [-0.2, 0) is 14.3 Å². The number of fused-ring (bicyclic) bond motifs is 1. The number of aromatic nitrogens is 1. The van der Waals surface area contributed by atoms with Crippen molar-refractivity contribution in [2.75, 3.05) is 43.1 Å². The third-order valence-corrected chi connectivity index (χ3v) is 5.51. The van der Waals surface area contributed by atoms with E-state index in [1.165, 1.54) is 6.07 Å². The van der Waals surface area contributed by atoms with Crippen molar-refractivity contribution in [3.05, 3.63) is 66.0 Å². The third kappa shape index (κ3) is 5.79. The molecule has 0 saturated carbocycles. The van der Waals surface area contributed by atoms with Crippen LogP contribution in [-0.4, -0.2) is 49.9 Å². The molecule has 1 aliphatic rings. The first kappa shape index (κ1) is 23.4. The zero-order valence-electron chi connectivity index (χ0n) is 18.9. The molecule has 1 saturated heterocycles. The summed E-state index contributed by atoms with van der Waals surface area (Å²) in [5, 5.41) is 6.01. The standard InChI is InChI=1S/C25H27FN4O4/c1-2-34-23(31)16-21(17-6-4-3-5-7-17)28-25(32)27-19-14-18-8-9-22(29-24(18)20(26)15-19)30-10-12-33-13-11-30/h3-9,14-15,21H,2,10-13,16H2,1H3,(H2,27,28,32)/t21-/m1/s1. The van der Waals surface area contributed by atoms with Crippen LogP contribution in [0.4, 0.5) is 20.7 Å². The van der Waals surface area contributed by atoms with Gasteiger partial charge in [-0.05, 0) is 36.8 Å². The Morgan fingerprint density at radius 2 is 1.91 bits per heavy atom. The Balaban J connectivity index is 1.49. The minimum absolute atomic E-state index is 0.0222. The predicted molar refractivity (Wildman–Crippen MR) is 127 cm³/mol. The van der Waals surface area contributed by atoms with Crippen molar-refractivity contribution in [1.29, 1.82) is 0 Å². The Bertz CT molecular complexity index is 1150. The highest BCUT2D eigenvalue weighted by Gasteiger charge is 2.20. The van der Waals surface area contributed by atoms with E-state index >= 15 is 0 Å². The Hall–Kier alpha value is -3.72. The van der Waals surface area contributed by atoms with Gasteiger partial charge in [-0.3, -0.25) is 4.79 Å². The summed E-state index contributed by atoms with van der Waals surface area (Å²) in [6.45, 7) is 4.61. The lowest BCUT2D eigenvalue weighted by atomic mass is 10.0. The summed E-state index contributed by atoms with van der Waals surface area (Å²) in [6, 6.07) is 14.5.